The standard InChI is InChI=1S/C18H15ClN4O/c19-14-5-3-11(4-6-14)13-8-15-16(18(24)21-10-13)23-17(22-15)12-2-1-7-20-9-12/h1-7,9,13H,8,10H2,(H,21,24)(H,22,23)/t13-/m1/s1. The Hall–Kier alpha value is -2.66. The lowest BCUT2D eigenvalue weighted by molar-refractivity contribution is 0.0950. The van der Waals surface area contributed by atoms with Gasteiger partial charge >= 0.3 is 0 Å². The number of hydrogen-bond donors (Lipinski definition) is 2. The van der Waals surface area contributed by atoms with Gasteiger partial charge in [-0.2, -0.15) is 0 Å². The van der Waals surface area contributed by atoms with Crippen LogP contribution < -0.4 is 5.32 Å². The number of amides is 1. The minimum Gasteiger partial charge on any atom is -0.350 e. The van der Waals surface area contributed by atoms with E-state index in [4.69, 9.17) is 11.6 Å². The van der Waals surface area contributed by atoms with E-state index in [0.29, 0.717) is 29.5 Å². The van der Waals surface area contributed by atoms with Gasteiger partial charge in [-0.05, 0) is 36.2 Å². The number of aromatic nitrogens is 3. The predicted molar refractivity (Wildman–Crippen MR) is 92.0 cm³/mol. The molecule has 1 aromatic carbocycles. The maximum Gasteiger partial charge on any atom is 0.271 e. The SMILES string of the molecule is O=C1NC[C@H](c2ccc(Cl)cc2)Cc2[nH]c(-c3cccnc3)nc21. The van der Waals surface area contributed by atoms with E-state index >= 15 is 0 Å². The third-order valence-electron chi connectivity index (χ3n) is 4.23. The van der Waals surface area contributed by atoms with E-state index in [-0.39, 0.29) is 11.8 Å². The number of imidazole rings is 1. The smallest absolute Gasteiger partial charge is 0.271 e. The van der Waals surface area contributed by atoms with Gasteiger partial charge in [0.05, 0.1) is 0 Å². The van der Waals surface area contributed by atoms with Crippen molar-refractivity contribution in [3.63, 3.8) is 0 Å². The number of fused-ring (bicyclic) bond motifs is 1. The molecular formula is C18H15ClN4O. The Bertz CT molecular complexity index is 874. The molecule has 1 amide bonds. The lowest BCUT2D eigenvalue weighted by Crippen LogP contribution is -2.26. The Morgan fingerprint density at radius 2 is 2.00 bits per heavy atom. The molecule has 0 bridgehead atoms. The molecular weight excluding hydrogens is 324 g/mol. The first kappa shape index (κ1) is 14.9. The molecule has 0 radical (unpaired) electrons. The van der Waals surface area contributed by atoms with Crippen molar-refractivity contribution in [2.75, 3.05) is 6.54 Å². The lowest BCUT2D eigenvalue weighted by Gasteiger charge is -2.14. The number of carbonyl (C=O) groups excluding carboxylic acids is 1. The topological polar surface area (TPSA) is 70.7 Å². The fourth-order valence-corrected chi connectivity index (χ4v) is 3.10. The first-order valence-electron chi connectivity index (χ1n) is 7.73. The van der Waals surface area contributed by atoms with Gasteiger partial charge in [-0.25, -0.2) is 4.98 Å². The van der Waals surface area contributed by atoms with Crippen LogP contribution in [-0.2, 0) is 6.42 Å². The van der Waals surface area contributed by atoms with Gasteiger partial charge < -0.3 is 10.3 Å². The molecule has 1 atom stereocenters. The second-order valence-electron chi connectivity index (χ2n) is 5.82. The number of carbonyl (C=O) groups is 1. The normalized spacial score (nSPS) is 17.0. The second kappa shape index (κ2) is 6.09. The van der Waals surface area contributed by atoms with Crippen molar-refractivity contribution >= 4 is 17.5 Å². The zero-order valence-corrected chi connectivity index (χ0v) is 13.5. The number of halogens is 1. The molecule has 24 heavy (non-hydrogen) atoms. The van der Waals surface area contributed by atoms with Crippen LogP contribution in [0, 0.1) is 0 Å². The van der Waals surface area contributed by atoms with Crippen molar-refractivity contribution in [3.8, 4) is 11.4 Å². The molecule has 0 saturated carbocycles. The van der Waals surface area contributed by atoms with Crippen molar-refractivity contribution in [1.82, 2.24) is 20.3 Å². The minimum absolute atomic E-state index is 0.146. The van der Waals surface area contributed by atoms with Crippen molar-refractivity contribution in [2.45, 2.75) is 12.3 Å². The van der Waals surface area contributed by atoms with Gasteiger partial charge in [0.25, 0.3) is 5.91 Å². The van der Waals surface area contributed by atoms with Crippen molar-refractivity contribution in [1.29, 1.82) is 0 Å². The largest absolute Gasteiger partial charge is 0.350 e. The number of nitrogens with zero attached hydrogens (tertiary/aromatic N) is 2. The molecule has 3 aromatic rings. The maximum absolute atomic E-state index is 12.4. The number of aromatic amines is 1. The van der Waals surface area contributed by atoms with Crippen LogP contribution in [-0.4, -0.2) is 27.4 Å². The zero-order valence-electron chi connectivity index (χ0n) is 12.8. The number of benzene rings is 1. The summed E-state index contributed by atoms with van der Waals surface area (Å²) in [4.78, 5) is 24.2. The van der Waals surface area contributed by atoms with Crippen LogP contribution in [0.25, 0.3) is 11.4 Å². The molecule has 3 heterocycles. The summed E-state index contributed by atoms with van der Waals surface area (Å²) in [5.41, 5.74) is 3.32. The highest BCUT2D eigenvalue weighted by atomic mass is 35.5. The quantitative estimate of drug-likeness (QED) is 0.753. The van der Waals surface area contributed by atoms with Gasteiger partial charge in [0.1, 0.15) is 11.5 Å². The highest BCUT2D eigenvalue weighted by Gasteiger charge is 2.26. The molecule has 0 unspecified atom stereocenters. The number of hydrogen-bond acceptors (Lipinski definition) is 3. The van der Waals surface area contributed by atoms with E-state index < -0.39 is 0 Å². The van der Waals surface area contributed by atoms with Crippen LogP contribution in [0.4, 0.5) is 0 Å². The Kier molecular flexibility index (Phi) is 3.78. The highest BCUT2D eigenvalue weighted by Crippen LogP contribution is 2.27. The van der Waals surface area contributed by atoms with Gasteiger partial charge in [-0.1, -0.05) is 23.7 Å². The fourth-order valence-electron chi connectivity index (χ4n) is 2.97. The van der Waals surface area contributed by atoms with Crippen molar-refractivity contribution in [3.05, 3.63) is 70.8 Å². The van der Waals surface area contributed by atoms with Crippen LogP contribution in [0.2, 0.25) is 5.02 Å². The summed E-state index contributed by atoms with van der Waals surface area (Å²) in [5, 5.41) is 3.66. The molecule has 120 valence electrons. The summed E-state index contributed by atoms with van der Waals surface area (Å²) < 4.78 is 0. The van der Waals surface area contributed by atoms with E-state index in [0.717, 1.165) is 16.8 Å². The molecule has 0 aliphatic carbocycles. The molecule has 2 aromatic heterocycles. The van der Waals surface area contributed by atoms with Crippen LogP contribution >= 0.6 is 11.6 Å². The summed E-state index contributed by atoms with van der Waals surface area (Å²) in [6, 6.07) is 11.5. The van der Waals surface area contributed by atoms with Crippen LogP contribution in [0.5, 0.6) is 0 Å². The molecule has 1 aliphatic heterocycles. The average Bonchev–Trinajstić information content (AvgIpc) is 2.97. The predicted octanol–water partition coefficient (Wildman–Crippen LogP) is 3.19. The van der Waals surface area contributed by atoms with Crippen LogP contribution in [0.15, 0.2) is 48.8 Å². The summed E-state index contributed by atoms with van der Waals surface area (Å²) >= 11 is 5.97. The van der Waals surface area contributed by atoms with Crippen LogP contribution in [0.3, 0.4) is 0 Å². The van der Waals surface area contributed by atoms with Crippen molar-refractivity contribution in [2.24, 2.45) is 0 Å². The Labute approximate surface area is 144 Å². The van der Waals surface area contributed by atoms with Crippen LogP contribution in [0.1, 0.15) is 27.7 Å². The molecule has 5 nitrogen and oxygen atoms in total. The van der Waals surface area contributed by atoms with Crippen molar-refractivity contribution < 1.29 is 4.79 Å². The summed E-state index contributed by atoms with van der Waals surface area (Å²) in [7, 11) is 0. The third-order valence-corrected chi connectivity index (χ3v) is 4.48. The summed E-state index contributed by atoms with van der Waals surface area (Å²) in [5.74, 6) is 0.697. The maximum atomic E-state index is 12.4. The number of H-pyrrole nitrogens is 1. The Morgan fingerprint density at radius 3 is 2.75 bits per heavy atom. The molecule has 6 heteroatoms. The number of rotatable bonds is 2. The van der Waals surface area contributed by atoms with Gasteiger partial charge in [-0.3, -0.25) is 9.78 Å². The van der Waals surface area contributed by atoms with E-state index in [2.05, 4.69) is 20.3 Å². The van der Waals surface area contributed by atoms with E-state index in [1.54, 1.807) is 12.4 Å². The molecule has 0 spiro atoms. The van der Waals surface area contributed by atoms with Gasteiger partial charge in [-0.15, -0.1) is 0 Å². The molecule has 2 N–H and O–H groups in total. The first-order valence-corrected chi connectivity index (χ1v) is 8.11. The molecule has 0 saturated heterocycles. The zero-order chi connectivity index (χ0) is 16.5. The van der Waals surface area contributed by atoms with Gasteiger partial charge in [0.2, 0.25) is 0 Å². The Balaban J connectivity index is 1.69. The summed E-state index contributed by atoms with van der Waals surface area (Å²) in [6.07, 6.45) is 4.15. The Morgan fingerprint density at radius 1 is 1.17 bits per heavy atom. The van der Waals surface area contributed by atoms with E-state index in [9.17, 15) is 4.79 Å². The van der Waals surface area contributed by atoms with Gasteiger partial charge in [0, 0.05) is 41.1 Å². The minimum atomic E-state index is -0.146. The number of nitrogens with one attached hydrogen (secondary N) is 2. The monoisotopic (exact) mass is 338 g/mol. The average molecular weight is 339 g/mol. The molecule has 1 aliphatic rings. The second-order valence-corrected chi connectivity index (χ2v) is 6.25. The third kappa shape index (κ3) is 2.78. The summed E-state index contributed by atoms with van der Waals surface area (Å²) in [6.45, 7) is 0.576. The number of pyridine rings is 1. The first-order chi connectivity index (χ1) is 11.7. The van der Waals surface area contributed by atoms with Gasteiger partial charge in [0.15, 0.2) is 0 Å². The lowest BCUT2D eigenvalue weighted by atomic mass is 9.94. The fraction of sp³-hybridized carbons (Fsp3) is 0.167. The molecule has 4 rings (SSSR count). The van der Waals surface area contributed by atoms with E-state index in [1.165, 1.54) is 0 Å². The highest BCUT2D eigenvalue weighted by molar-refractivity contribution is 6.30. The molecule has 0 fully saturated rings. The van der Waals surface area contributed by atoms with E-state index in [1.807, 2.05) is 36.4 Å².